The molecule has 0 atom stereocenters. The Bertz CT molecular complexity index is 1110. The van der Waals surface area contributed by atoms with E-state index in [-0.39, 0.29) is 11.7 Å². The summed E-state index contributed by atoms with van der Waals surface area (Å²) in [6, 6.07) is 7.60. The molecule has 0 saturated carbocycles. The van der Waals surface area contributed by atoms with E-state index < -0.39 is 5.97 Å². The molecule has 1 N–H and O–H groups in total. The maximum absolute atomic E-state index is 12.6. The lowest BCUT2D eigenvalue weighted by atomic mass is 10.1. The van der Waals surface area contributed by atoms with Gasteiger partial charge in [-0.3, -0.25) is 4.79 Å². The molecule has 2 heterocycles. The van der Waals surface area contributed by atoms with Crippen LogP contribution in [0.3, 0.4) is 0 Å². The van der Waals surface area contributed by atoms with Crippen molar-refractivity contribution in [1.29, 1.82) is 0 Å². The first-order valence-electron chi connectivity index (χ1n) is 9.58. The van der Waals surface area contributed by atoms with Gasteiger partial charge in [-0.1, -0.05) is 23.9 Å². The number of carbonyl (C=O) groups is 2. The van der Waals surface area contributed by atoms with Gasteiger partial charge in [0, 0.05) is 17.0 Å². The number of esters is 1. The van der Waals surface area contributed by atoms with Gasteiger partial charge >= 0.3 is 5.97 Å². The number of amides is 1. The minimum Gasteiger partial charge on any atom is -0.497 e. The molecule has 164 valence electrons. The molecule has 10 heteroatoms. The zero-order valence-electron chi connectivity index (χ0n) is 18.0. The Morgan fingerprint density at radius 2 is 2.00 bits per heavy atom. The average Bonchev–Trinajstić information content (AvgIpc) is 3.31. The molecular weight excluding hydrogens is 436 g/mol. The van der Waals surface area contributed by atoms with E-state index in [2.05, 4.69) is 15.5 Å². The molecule has 0 saturated heterocycles. The monoisotopic (exact) mass is 460 g/mol. The number of nitrogens with one attached hydrogen (secondary N) is 1. The van der Waals surface area contributed by atoms with Gasteiger partial charge in [-0.05, 0) is 38.5 Å². The van der Waals surface area contributed by atoms with E-state index in [9.17, 15) is 9.59 Å². The van der Waals surface area contributed by atoms with Crippen molar-refractivity contribution in [2.45, 2.75) is 32.5 Å². The SMILES string of the molecule is CCn1c(SCC(=O)Nc2sc(C)c(C)c2C(=O)OC)nnc1-c1cccc(OC)c1. The summed E-state index contributed by atoms with van der Waals surface area (Å²) < 4.78 is 12.1. The number of benzene rings is 1. The molecule has 0 bridgehead atoms. The quantitative estimate of drug-likeness (QED) is 0.398. The largest absolute Gasteiger partial charge is 0.497 e. The highest BCUT2D eigenvalue weighted by atomic mass is 32.2. The van der Waals surface area contributed by atoms with Crippen molar-refractivity contribution < 1.29 is 19.1 Å². The lowest BCUT2D eigenvalue weighted by molar-refractivity contribution is -0.113. The van der Waals surface area contributed by atoms with E-state index in [1.807, 2.05) is 49.6 Å². The number of methoxy groups -OCH3 is 2. The Morgan fingerprint density at radius 3 is 2.68 bits per heavy atom. The smallest absolute Gasteiger partial charge is 0.341 e. The van der Waals surface area contributed by atoms with Crippen molar-refractivity contribution in [1.82, 2.24) is 14.8 Å². The number of anilines is 1. The van der Waals surface area contributed by atoms with Gasteiger partial charge in [0.2, 0.25) is 5.91 Å². The summed E-state index contributed by atoms with van der Waals surface area (Å²) in [5.41, 5.74) is 2.10. The van der Waals surface area contributed by atoms with Crippen LogP contribution in [-0.4, -0.2) is 46.6 Å². The van der Waals surface area contributed by atoms with Crippen LogP contribution in [-0.2, 0) is 16.1 Å². The highest BCUT2D eigenvalue weighted by Crippen LogP contribution is 2.33. The third kappa shape index (κ3) is 4.91. The minimum absolute atomic E-state index is 0.132. The molecule has 0 radical (unpaired) electrons. The van der Waals surface area contributed by atoms with Crippen LogP contribution in [0.5, 0.6) is 5.75 Å². The van der Waals surface area contributed by atoms with E-state index in [1.165, 1.54) is 30.2 Å². The molecule has 1 aromatic carbocycles. The topological polar surface area (TPSA) is 95.3 Å². The number of hydrogen-bond donors (Lipinski definition) is 1. The molecule has 1 amide bonds. The first kappa shape index (κ1) is 22.8. The predicted molar refractivity (Wildman–Crippen MR) is 122 cm³/mol. The van der Waals surface area contributed by atoms with Crippen LogP contribution in [0.1, 0.15) is 27.7 Å². The molecule has 0 aliphatic rings. The number of rotatable bonds is 8. The number of nitrogens with zero attached hydrogens (tertiary/aromatic N) is 3. The molecule has 0 unspecified atom stereocenters. The number of aromatic nitrogens is 3. The Hall–Kier alpha value is -2.85. The summed E-state index contributed by atoms with van der Waals surface area (Å²) in [7, 11) is 2.94. The van der Waals surface area contributed by atoms with Crippen LogP contribution in [0.4, 0.5) is 5.00 Å². The molecule has 3 rings (SSSR count). The third-order valence-corrected chi connectivity index (χ3v) is 6.81. The molecule has 31 heavy (non-hydrogen) atoms. The van der Waals surface area contributed by atoms with Gasteiger partial charge in [-0.15, -0.1) is 21.5 Å². The fourth-order valence-corrected chi connectivity index (χ4v) is 4.88. The number of aryl methyl sites for hydroxylation is 1. The Balaban J connectivity index is 1.74. The number of thiophene rings is 1. The van der Waals surface area contributed by atoms with E-state index in [4.69, 9.17) is 9.47 Å². The molecular formula is C21H24N4O4S2. The summed E-state index contributed by atoms with van der Waals surface area (Å²) in [5, 5.41) is 12.5. The van der Waals surface area contributed by atoms with Gasteiger partial charge in [0.25, 0.3) is 0 Å². The molecule has 3 aromatic rings. The summed E-state index contributed by atoms with van der Waals surface area (Å²) >= 11 is 2.65. The predicted octanol–water partition coefficient (Wildman–Crippen LogP) is 4.17. The van der Waals surface area contributed by atoms with Gasteiger partial charge < -0.3 is 19.4 Å². The Labute approximate surface area is 189 Å². The lowest BCUT2D eigenvalue weighted by Crippen LogP contribution is -2.16. The van der Waals surface area contributed by atoms with Crippen LogP contribution < -0.4 is 10.1 Å². The third-order valence-electron chi connectivity index (χ3n) is 4.72. The lowest BCUT2D eigenvalue weighted by Gasteiger charge is -2.09. The Kier molecular flexibility index (Phi) is 7.34. The summed E-state index contributed by atoms with van der Waals surface area (Å²) in [6.45, 7) is 6.39. The second kappa shape index (κ2) is 9.97. The number of thioether (sulfide) groups is 1. The van der Waals surface area contributed by atoms with Crippen molar-refractivity contribution in [3.63, 3.8) is 0 Å². The summed E-state index contributed by atoms with van der Waals surface area (Å²) in [6.07, 6.45) is 0. The molecule has 2 aromatic heterocycles. The van der Waals surface area contributed by atoms with Gasteiger partial charge in [-0.25, -0.2) is 4.79 Å². The van der Waals surface area contributed by atoms with Crippen LogP contribution in [0.25, 0.3) is 11.4 Å². The van der Waals surface area contributed by atoms with E-state index in [0.29, 0.717) is 28.1 Å². The highest BCUT2D eigenvalue weighted by molar-refractivity contribution is 7.99. The van der Waals surface area contributed by atoms with Crippen molar-refractivity contribution in [2.75, 3.05) is 25.3 Å². The number of carbonyl (C=O) groups excluding carboxylic acids is 2. The van der Waals surface area contributed by atoms with Crippen molar-refractivity contribution >= 4 is 40.0 Å². The molecule has 8 nitrogen and oxygen atoms in total. The maximum Gasteiger partial charge on any atom is 0.341 e. The summed E-state index contributed by atoms with van der Waals surface area (Å²) in [4.78, 5) is 25.6. The van der Waals surface area contributed by atoms with Crippen LogP contribution >= 0.6 is 23.1 Å². The van der Waals surface area contributed by atoms with Gasteiger partial charge in [0.05, 0.1) is 25.5 Å². The van der Waals surface area contributed by atoms with E-state index in [1.54, 1.807) is 7.11 Å². The highest BCUT2D eigenvalue weighted by Gasteiger charge is 2.22. The van der Waals surface area contributed by atoms with Crippen LogP contribution in [0.2, 0.25) is 0 Å². The fourth-order valence-electron chi connectivity index (χ4n) is 3.01. The zero-order chi connectivity index (χ0) is 22.5. The molecule has 0 aliphatic heterocycles. The molecule has 0 fully saturated rings. The zero-order valence-corrected chi connectivity index (χ0v) is 19.6. The normalized spacial score (nSPS) is 10.7. The minimum atomic E-state index is -0.460. The van der Waals surface area contributed by atoms with Crippen LogP contribution in [0, 0.1) is 13.8 Å². The second-order valence-electron chi connectivity index (χ2n) is 6.60. The standard InChI is InChI=1S/C21H24N4O4S2/c1-6-25-18(14-8-7-9-15(10-14)28-4)23-24-21(25)30-11-16(26)22-19-17(20(27)29-5)12(2)13(3)31-19/h7-10H,6,11H2,1-5H3,(H,22,26). The molecule has 0 spiro atoms. The van der Waals surface area contributed by atoms with Gasteiger partial charge in [-0.2, -0.15) is 0 Å². The maximum atomic E-state index is 12.6. The number of hydrogen-bond acceptors (Lipinski definition) is 8. The van der Waals surface area contributed by atoms with Crippen molar-refractivity contribution in [2.24, 2.45) is 0 Å². The van der Waals surface area contributed by atoms with Crippen molar-refractivity contribution in [3.8, 4) is 17.1 Å². The Morgan fingerprint density at radius 1 is 1.23 bits per heavy atom. The van der Waals surface area contributed by atoms with E-state index >= 15 is 0 Å². The summed E-state index contributed by atoms with van der Waals surface area (Å²) in [5.74, 6) is 0.886. The van der Waals surface area contributed by atoms with Gasteiger partial charge in [0.15, 0.2) is 11.0 Å². The van der Waals surface area contributed by atoms with Gasteiger partial charge in [0.1, 0.15) is 10.8 Å². The molecule has 0 aliphatic carbocycles. The average molecular weight is 461 g/mol. The van der Waals surface area contributed by atoms with Crippen LogP contribution in [0.15, 0.2) is 29.4 Å². The van der Waals surface area contributed by atoms with Crippen molar-refractivity contribution in [3.05, 3.63) is 40.3 Å². The first-order valence-corrected chi connectivity index (χ1v) is 11.4. The fraction of sp³-hybridized carbons (Fsp3) is 0.333. The second-order valence-corrected chi connectivity index (χ2v) is 8.77. The first-order chi connectivity index (χ1) is 14.9. The number of ether oxygens (including phenoxy) is 2. The van der Waals surface area contributed by atoms with E-state index in [0.717, 1.165) is 21.8 Å².